The first-order valence-electron chi connectivity index (χ1n) is 4.08. The highest BCUT2D eigenvalue weighted by atomic mass is 31.1. The molecule has 0 aromatic rings. The molecule has 3 nitrogen and oxygen atoms in total. The second-order valence-electron chi connectivity index (χ2n) is 3.35. The van der Waals surface area contributed by atoms with Gasteiger partial charge in [-0.25, -0.2) is 0 Å². The molecule has 1 N–H and O–H groups in total. The van der Waals surface area contributed by atoms with E-state index in [9.17, 15) is 4.57 Å². The Hall–Kier alpha value is -0.270. The average Bonchev–Trinajstić information content (AvgIpc) is 1.85. The van der Waals surface area contributed by atoms with Crippen LogP contribution in [0.4, 0.5) is 0 Å². The molecule has 12 heavy (non-hydrogen) atoms. The molecule has 0 heterocycles. The lowest BCUT2D eigenvalue weighted by Crippen LogP contribution is -2.34. The van der Waals surface area contributed by atoms with Crippen molar-refractivity contribution < 1.29 is 9.46 Å². The molecular weight excluding hydrogens is 173 g/mol. The van der Waals surface area contributed by atoms with Gasteiger partial charge in [-0.15, -0.1) is 0 Å². The molecule has 0 aliphatic heterocycles. The lowest BCUT2D eigenvalue weighted by atomic mass is 10.2. The van der Waals surface area contributed by atoms with E-state index in [0.29, 0.717) is 5.44 Å². The predicted molar refractivity (Wildman–Crippen MR) is 52.5 cm³/mol. The highest BCUT2D eigenvalue weighted by Gasteiger charge is 2.17. The van der Waals surface area contributed by atoms with Crippen molar-refractivity contribution in [2.75, 3.05) is 0 Å². The SMILES string of the molecule is C=C(N(C(C)C)C(C)C)[PH](=O)O. The summed E-state index contributed by atoms with van der Waals surface area (Å²) in [5.74, 6) is 0. The van der Waals surface area contributed by atoms with Crippen molar-refractivity contribution in [3.63, 3.8) is 0 Å². The first-order valence-corrected chi connectivity index (χ1v) is 5.44. The highest BCUT2D eigenvalue weighted by Crippen LogP contribution is 2.31. The van der Waals surface area contributed by atoms with Gasteiger partial charge in [-0.05, 0) is 27.7 Å². The molecule has 0 saturated carbocycles. The van der Waals surface area contributed by atoms with Gasteiger partial charge >= 0.3 is 0 Å². The molecule has 0 bridgehead atoms. The van der Waals surface area contributed by atoms with Crippen molar-refractivity contribution in [1.82, 2.24) is 4.90 Å². The van der Waals surface area contributed by atoms with Gasteiger partial charge in [-0.3, -0.25) is 4.57 Å². The molecule has 0 spiro atoms. The van der Waals surface area contributed by atoms with E-state index in [4.69, 9.17) is 4.89 Å². The molecule has 4 heteroatoms. The fourth-order valence-corrected chi connectivity index (χ4v) is 2.07. The summed E-state index contributed by atoms with van der Waals surface area (Å²) in [6, 6.07) is 0.442. The molecule has 0 aliphatic carbocycles. The zero-order valence-electron chi connectivity index (χ0n) is 8.16. The lowest BCUT2D eigenvalue weighted by molar-refractivity contribution is 0.243. The minimum absolute atomic E-state index is 0.221. The number of hydrogen-bond donors (Lipinski definition) is 1. The first kappa shape index (κ1) is 11.7. The minimum Gasteiger partial charge on any atom is -0.363 e. The number of rotatable bonds is 4. The Morgan fingerprint density at radius 2 is 1.67 bits per heavy atom. The monoisotopic (exact) mass is 191 g/mol. The molecule has 0 aliphatic rings. The van der Waals surface area contributed by atoms with Crippen LogP contribution >= 0.6 is 8.03 Å². The molecule has 0 radical (unpaired) electrons. The molecule has 0 saturated heterocycles. The van der Waals surface area contributed by atoms with Crippen LogP contribution in [-0.2, 0) is 4.57 Å². The number of nitrogens with zero attached hydrogens (tertiary/aromatic N) is 1. The molecular formula is C8H18NO2P. The Morgan fingerprint density at radius 3 is 1.75 bits per heavy atom. The van der Waals surface area contributed by atoms with E-state index in [1.165, 1.54) is 0 Å². The van der Waals surface area contributed by atoms with Gasteiger partial charge in [0.2, 0.25) is 8.03 Å². The second kappa shape index (κ2) is 4.68. The van der Waals surface area contributed by atoms with Gasteiger partial charge in [0.1, 0.15) is 0 Å². The van der Waals surface area contributed by atoms with Crippen LogP contribution in [-0.4, -0.2) is 21.9 Å². The van der Waals surface area contributed by atoms with Crippen molar-refractivity contribution in [1.29, 1.82) is 0 Å². The fraction of sp³-hybridized carbons (Fsp3) is 0.750. The van der Waals surface area contributed by atoms with E-state index in [1.54, 1.807) is 0 Å². The van der Waals surface area contributed by atoms with E-state index >= 15 is 0 Å². The molecule has 0 rings (SSSR count). The molecule has 1 unspecified atom stereocenters. The highest BCUT2D eigenvalue weighted by molar-refractivity contribution is 7.42. The zero-order valence-corrected chi connectivity index (χ0v) is 9.16. The standard InChI is InChI=1S/C8H18NO2P/c1-6(2)9(7(3)4)8(5)12(10)11/h6-7,12H,5H2,1-4H3,(H,10,11). The van der Waals surface area contributed by atoms with Crippen LogP contribution in [0.3, 0.4) is 0 Å². The van der Waals surface area contributed by atoms with E-state index in [2.05, 4.69) is 6.58 Å². The summed E-state index contributed by atoms with van der Waals surface area (Å²) in [7, 11) is -2.62. The van der Waals surface area contributed by atoms with E-state index in [0.717, 1.165) is 0 Å². The maximum atomic E-state index is 10.8. The van der Waals surface area contributed by atoms with Gasteiger partial charge in [0.05, 0.1) is 5.44 Å². The van der Waals surface area contributed by atoms with Gasteiger partial charge in [-0.2, -0.15) is 0 Å². The largest absolute Gasteiger partial charge is 0.363 e. The topological polar surface area (TPSA) is 40.5 Å². The van der Waals surface area contributed by atoms with Crippen molar-refractivity contribution >= 4 is 8.03 Å². The Labute approximate surface area is 74.9 Å². The third kappa shape index (κ3) is 3.00. The summed E-state index contributed by atoms with van der Waals surface area (Å²) < 4.78 is 10.8. The van der Waals surface area contributed by atoms with Crippen molar-refractivity contribution in [2.24, 2.45) is 0 Å². The van der Waals surface area contributed by atoms with Crippen LogP contribution < -0.4 is 0 Å². The molecule has 0 fully saturated rings. The second-order valence-corrected chi connectivity index (χ2v) is 4.53. The van der Waals surface area contributed by atoms with Gasteiger partial charge < -0.3 is 9.79 Å². The van der Waals surface area contributed by atoms with Crippen LogP contribution in [0, 0.1) is 0 Å². The molecule has 0 aromatic heterocycles. The Bertz CT molecular complexity index is 181. The van der Waals surface area contributed by atoms with E-state index < -0.39 is 8.03 Å². The minimum atomic E-state index is -2.62. The van der Waals surface area contributed by atoms with E-state index in [1.807, 2.05) is 32.6 Å². The summed E-state index contributed by atoms with van der Waals surface area (Å²) in [6.45, 7) is 11.5. The lowest BCUT2D eigenvalue weighted by Gasteiger charge is -2.33. The summed E-state index contributed by atoms with van der Waals surface area (Å²) in [6.07, 6.45) is 0. The van der Waals surface area contributed by atoms with E-state index in [-0.39, 0.29) is 12.1 Å². The van der Waals surface area contributed by atoms with Crippen LogP contribution in [0.5, 0.6) is 0 Å². The van der Waals surface area contributed by atoms with Gasteiger partial charge in [0, 0.05) is 12.1 Å². The molecule has 72 valence electrons. The van der Waals surface area contributed by atoms with Crippen LogP contribution in [0.15, 0.2) is 12.0 Å². The van der Waals surface area contributed by atoms with Crippen molar-refractivity contribution in [3.8, 4) is 0 Å². The Kier molecular flexibility index (Phi) is 4.58. The maximum Gasteiger partial charge on any atom is 0.233 e. The van der Waals surface area contributed by atoms with Gasteiger partial charge in [-0.1, -0.05) is 6.58 Å². The normalized spacial score (nSPS) is 13.6. The van der Waals surface area contributed by atoms with Crippen molar-refractivity contribution in [3.05, 3.63) is 12.0 Å². The molecule has 0 amide bonds. The smallest absolute Gasteiger partial charge is 0.233 e. The average molecular weight is 191 g/mol. The summed E-state index contributed by atoms with van der Waals surface area (Å²) >= 11 is 0. The third-order valence-corrected chi connectivity index (χ3v) is 2.42. The fourth-order valence-electron chi connectivity index (χ4n) is 1.33. The molecule has 0 aromatic carbocycles. The maximum absolute atomic E-state index is 10.8. The summed E-state index contributed by atoms with van der Waals surface area (Å²) in [5, 5.41) is 0. The predicted octanol–water partition coefficient (Wildman–Crippen LogP) is 2.04. The molecule has 1 atom stereocenters. The summed E-state index contributed by atoms with van der Waals surface area (Å²) in [4.78, 5) is 10.8. The van der Waals surface area contributed by atoms with Crippen LogP contribution in [0.2, 0.25) is 0 Å². The van der Waals surface area contributed by atoms with Crippen LogP contribution in [0.1, 0.15) is 27.7 Å². The first-order chi connectivity index (χ1) is 5.37. The summed E-state index contributed by atoms with van der Waals surface area (Å²) in [5.41, 5.74) is 0.352. The zero-order chi connectivity index (χ0) is 9.89. The van der Waals surface area contributed by atoms with Gasteiger partial charge in [0.25, 0.3) is 0 Å². The Morgan fingerprint density at radius 1 is 1.33 bits per heavy atom. The quantitative estimate of drug-likeness (QED) is 0.691. The van der Waals surface area contributed by atoms with Crippen LogP contribution in [0.25, 0.3) is 0 Å². The van der Waals surface area contributed by atoms with Crippen molar-refractivity contribution in [2.45, 2.75) is 39.8 Å². The number of hydrogen-bond acceptors (Lipinski definition) is 2. The Balaban J connectivity index is 4.52. The van der Waals surface area contributed by atoms with Gasteiger partial charge in [0.15, 0.2) is 0 Å². The third-order valence-electron chi connectivity index (χ3n) is 1.67.